The van der Waals surface area contributed by atoms with Crippen molar-refractivity contribution in [3.63, 3.8) is 0 Å². The predicted octanol–water partition coefficient (Wildman–Crippen LogP) is 4.03. The fourth-order valence-electron chi connectivity index (χ4n) is 2.32. The van der Waals surface area contributed by atoms with Gasteiger partial charge in [0.2, 0.25) is 0 Å². The third-order valence-corrected chi connectivity index (χ3v) is 3.63. The van der Waals surface area contributed by atoms with Crippen molar-refractivity contribution >= 4 is 21.4 Å². The Morgan fingerprint density at radius 2 is 2.05 bits per heavy atom. The van der Waals surface area contributed by atoms with E-state index in [4.69, 9.17) is 0 Å². The highest BCUT2D eigenvalue weighted by molar-refractivity contribution is 9.10. The van der Waals surface area contributed by atoms with Crippen molar-refractivity contribution in [3.8, 4) is 11.1 Å². The maximum Gasteiger partial charge on any atom is 0.0729 e. The standard InChI is InChI=1S/C15H14BrN3/c1-3-13-4-5-15-14(6-10(2)18-19(13)15)11-7-12(16)9-17-8-11/h4-9H,3H2,1-2H3. The number of rotatable bonds is 2. The lowest BCUT2D eigenvalue weighted by molar-refractivity contribution is 0.839. The van der Waals surface area contributed by atoms with Gasteiger partial charge in [0.1, 0.15) is 0 Å². The Morgan fingerprint density at radius 3 is 2.79 bits per heavy atom. The van der Waals surface area contributed by atoms with Crippen LogP contribution in [0.4, 0.5) is 0 Å². The smallest absolute Gasteiger partial charge is 0.0729 e. The van der Waals surface area contributed by atoms with Gasteiger partial charge in [-0.15, -0.1) is 0 Å². The molecule has 0 aromatic carbocycles. The molecular weight excluding hydrogens is 302 g/mol. The first kappa shape index (κ1) is 12.4. The van der Waals surface area contributed by atoms with E-state index in [9.17, 15) is 0 Å². The zero-order valence-corrected chi connectivity index (χ0v) is 12.5. The van der Waals surface area contributed by atoms with E-state index in [1.165, 1.54) is 11.3 Å². The van der Waals surface area contributed by atoms with Crippen molar-refractivity contribution in [3.05, 3.63) is 52.5 Å². The molecule has 3 aromatic heterocycles. The molecule has 3 nitrogen and oxygen atoms in total. The van der Waals surface area contributed by atoms with Gasteiger partial charge in [-0.25, -0.2) is 4.52 Å². The van der Waals surface area contributed by atoms with E-state index in [0.717, 1.165) is 27.7 Å². The van der Waals surface area contributed by atoms with Gasteiger partial charge < -0.3 is 0 Å². The van der Waals surface area contributed by atoms with E-state index in [2.05, 4.69) is 57.2 Å². The second-order valence-corrected chi connectivity index (χ2v) is 5.48. The molecule has 3 aromatic rings. The molecule has 0 fully saturated rings. The Balaban J connectivity index is 2.31. The van der Waals surface area contributed by atoms with E-state index in [1.807, 2.05) is 17.6 Å². The zero-order chi connectivity index (χ0) is 13.4. The van der Waals surface area contributed by atoms with Crippen molar-refractivity contribution in [1.29, 1.82) is 0 Å². The van der Waals surface area contributed by atoms with Gasteiger partial charge in [0.05, 0.1) is 11.2 Å². The highest BCUT2D eigenvalue weighted by Crippen LogP contribution is 2.27. The summed E-state index contributed by atoms with van der Waals surface area (Å²) in [6.45, 7) is 4.17. The van der Waals surface area contributed by atoms with Gasteiger partial charge in [0, 0.05) is 33.7 Å². The van der Waals surface area contributed by atoms with Gasteiger partial charge >= 0.3 is 0 Å². The Bertz CT molecular complexity index is 746. The molecule has 3 rings (SSSR count). The average Bonchev–Trinajstić information content (AvgIpc) is 2.80. The molecule has 19 heavy (non-hydrogen) atoms. The van der Waals surface area contributed by atoms with Crippen molar-refractivity contribution in [2.75, 3.05) is 0 Å². The maximum absolute atomic E-state index is 4.60. The molecule has 0 aliphatic carbocycles. The summed E-state index contributed by atoms with van der Waals surface area (Å²) >= 11 is 3.48. The molecule has 0 aliphatic rings. The molecule has 3 heterocycles. The number of nitrogens with zero attached hydrogens (tertiary/aromatic N) is 3. The van der Waals surface area contributed by atoms with Crippen LogP contribution in [0.15, 0.2) is 41.1 Å². The van der Waals surface area contributed by atoms with E-state index in [-0.39, 0.29) is 0 Å². The summed E-state index contributed by atoms with van der Waals surface area (Å²) in [5, 5.41) is 4.60. The SMILES string of the molecule is CCc1ccc2c(-c3cncc(Br)c3)cc(C)nn12. The number of aromatic nitrogens is 3. The summed E-state index contributed by atoms with van der Waals surface area (Å²) in [5.74, 6) is 0. The molecule has 0 saturated heterocycles. The lowest BCUT2D eigenvalue weighted by Gasteiger charge is -2.08. The highest BCUT2D eigenvalue weighted by Gasteiger charge is 2.10. The van der Waals surface area contributed by atoms with Crippen LogP contribution in [0.1, 0.15) is 18.3 Å². The predicted molar refractivity (Wildman–Crippen MR) is 80.2 cm³/mol. The molecule has 0 amide bonds. The van der Waals surface area contributed by atoms with Crippen LogP contribution < -0.4 is 0 Å². The summed E-state index contributed by atoms with van der Waals surface area (Å²) < 4.78 is 3.02. The molecule has 0 saturated carbocycles. The quantitative estimate of drug-likeness (QED) is 0.714. The maximum atomic E-state index is 4.60. The lowest BCUT2D eigenvalue weighted by Crippen LogP contribution is -2.00. The molecule has 0 spiro atoms. The summed E-state index contributed by atoms with van der Waals surface area (Å²) in [4.78, 5) is 4.25. The monoisotopic (exact) mass is 315 g/mol. The fourth-order valence-corrected chi connectivity index (χ4v) is 2.69. The van der Waals surface area contributed by atoms with Gasteiger partial charge in [0.25, 0.3) is 0 Å². The van der Waals surface area contributed by atoms with Crippen LogP contribution in [0.3, 0.4) is 0 Å². The van der Waals surface area contributed by atoms with Crippen molar-refractivity contribution in [2.45, 2.75) is 20.3 Å². The number of hydrogen-bond acceptors (Lipinski definition) is 2. The van der Waals surface area contributed by atoms with Crippen LogP contribution in [0.25, 0.3) is 16.6 Å². The summed E-state index contributed by atoms with van der Waals surface area (Å²) in [6, 6.07) is 8.46. The molecule has 0 atom stereocenters. The van der Waals surface area contributed by atoms with Gasteiger partial charge in [-0.05, 0) is 53.5 Å². The Kier molecular flexibility index (Phi) is 3.11. The van der Waals surface area contributed by atoms with Crippen LogP contribution in [0.5, 0.6) is 0 Å². The van der Waals surface area contributed by atoms with Crippen LogP contribution in [-0.4, -0.2) is 14.6 Å². The number of pyridine rings is 1. The lowest BCUT2D eigenvalue weighted by atomic mass is 10.1. The fraction of sp³-hybridized carbons (Fsp3) is 0.200. The van der Waals surface area contributed by atoms with Crippen LogP contribution in [-0.2, 0) is 6.42 Å². The van der Waals surface area contributed by atoms with Crippen molar-refractivity contribution < 1.29 is 0 Å². The Labute approximate surface area is 120 Å². The van der Waals surface area contributed by atoms with Gasteiger partial charge in [-0.3, -0.25) is 4.98 Å². The zero-order valence-electron chi connectivity index (χ0n) is 10.9. The third-order valence-electron chi connectivity index (χ3n) is 3.20. The number of halogens is 1. The number of hydrogen-bond donors (Lipinski definition) is 0. The van der Waals surface area contributed by atoms with Crippen molar-refractivity contribution in [1.82, 2.24) is 14.6 Å². The summed E-state index contributed by atoms with van der Waals surface area (Å²) in [5.41, 5.74) is 5.63. The molecule has 4 heteroatoms. The normalized spacial score (nSPS) is 11.1. The van der Waals surface area contributed by atoms with E-state index >= 15 is 0 Å². The average molecular weight is 316 g/mol. The van der Waals surface area contributed by atoms with Gasteiger partial charge in [0.15, 0.2) is 0 Å². The van der Waals surface area contributed by atoms with E-state index in [0.29, 0.717) is 0 Å². The molecule has 0 unspecified atom stereocenters. The minimum atomic E-state index is 0.973. The second-order valence-electron chi connectivity index (χ2n) is 4.57. The second kappa shape index (κ2) is 4.78. The Morgan fingerprint density at radius 1 is 1.21 bits per heavy atom. The van der Waals surface area contributed by atoms with E-state index < -0.39 is 0 Å². The number of aryl methyl sites for hydroxylation is 2. The van der Waals surface area contributed by atoms with Crippen molar-refractivity contribution in [2.24, 2.45) is 0 Å². The van der Waals surface area contributed by atoms with E-state index in [1.54, 1.807) is 6.20 Å². The van der Waals surface area contributed by atoms with Crippen LogP contribution >= 0.6 is 15.9 Å². The number of fused-ring (bicyclic) bond motifs is 1. The largest absolute Gasteiger partial charge is 0.263 e. The van der Waals surface area contributed by atoms with Gasteiger partial charge in [-0.2, -0.15) is 5.10 Å². The summed E-state index contributed by atoms with van der Waals surface area (Å²) in [6.07, 6.45) is 4.66. The third kappa shape index (κ3) is 2.16. The van der Waals surface area contributed by atoms with Crippen LogP contribution in [0.2, 0.25) is 0 Å². The molecule has 0 aliphatic heterocycles. The first-order valence-electron chi connectivity index (χ1n) is 6.28. The minimum absolute atomic E-state index is 0.973. The molecule has 0 bridgehead atoms. The highest BCUT2D eigenvalue weighted by atomic mass is 79.9. The molecule has 96 valence electrons. The van der Waals surface area contributed by atoms with Gasteiger partial charge in [-0.1, -0.05) is 6.92 Å². The minimum Gasteiger partial charge on any atom is -0.263 e. The first-order valence-corrected chi connectivity index (χ1v) is 7.07. The first-order chi connectivity index (χ1) is 9.19. The molecular formula is C15H14BrN3. The topological polar surface area (TPSA) is 30.2 Å². The molecule has 0 radical (unpaired) electrons. The molecule has 0 N–H and O–H groups in total. The Hall–Kier alpha value is -1.68. The summed E-state index contributed by atoms with van der Waals surface area (Å²) in [7, 11) is 0. The van der Waals surface area contributed by atoms with Crippen LogP contribution in [0, 0.1) is 6.92 Å².